The van der Waals surface area contributed by atoms with Crippen molar-refractivity contribution >= 4 is 50.7 Å². The summed E-state index contributed by atoms with van der Waals surface area (Å²) in [5, 5.41) is 13.5. The van der Waals surface area contributed by atoms with Gasteiger partial charge in [0.2, 0.25) is 10.0 Å². The van der Waals surface area contributed by atoms with Gasteiger partial charge in [-0.15, -0.1) is 11.3 Å². The molecule has 0 bridgehead atoms. The van der Waals surface area contributed by atoms with Crippen LogP contribution in [0.3, 0.4) is 0 Å². The summed E-state index contributed by atoms with van der Waals surface area (Å²) in [6, 6.07) is 1.02. The molecule has 1 aliphatic carbocycles. The van der Waals surface area contributed by atoms with Crippen LogP contribution in [0.2, 0.25) is 5.02 Å². The van der Waals surface area contributed by atoms with Gasteiger partial charge in [-0.3, -0.25) is 9.79 Å². The Labute approximate surface area is 244 Å². The molecule has 3 aliphatic rings. The van der Waals surface area contributed by atoms with Crippen LogP contribution in [0.15, 0.2) is 40.0 Å². The molecule has 3 heterocycles. The molecule has 15 heteroatoms. The van der Waals surface area contributed by atoms with Crippen molar-refractivity contribution in [3.63, 3.8) is 0 Å². The molecule has 10 nitrogen and oxygen atoms in total. The SMILES string of the molecule is COC(=O)C1=C(C2CCN(S(=O)(=O)C3CC(C)(C(=O)O)C3)CC2)NC(c2nccs2)=N[C@@H]1c1ccc(F)c(F)c1Cl. The number of sulfonamides is 1. The summed E-state index contributed by atoms with van der Waals surface area (Å²) in [5.41, 5.74) is -0.519. The third kappa shape index (κ3) is 5.26. The highest BCUT2D eigenvalue weighted by Gasteiger charge is 2.53. The molecule has 2 fully saturated rings. The van der Waals surface area contributed by atoms with Crippen molar-refractivity contribution in [2.24, 2.45) is 16.3 Å². The number of thiazole rings is 1. The predicted octanol–water partition coefficient (Wildman–Crippen LogP) is 3.89. The molecule has 5 rings (SSSR count). The first-order chi connectivity index (χ1) is 19.4. The monoisotopic (exact) mass is 628 g/mol. The van der Waals surface area contributed by atoms with Gasteiger partial charge in [-0.2, -0.15) is 0 Å². The highest BCUT2D eigenvalue weighted by molar-refractivity contribution is 7.89. The number of halogens is 3. The number of carbonyl (C=O) groups excluding carboxylic acids is 1. The average molecular weight is 629 g/mol. The smallest absolute Gasteiger partial charge is 0.338 e. The van der Waals surface area contributed by atoms with Crippen LogP contribution in [0.5, 0.6) is 0 Å². The molecular weight excluding hydrogens is 602 g/mol. The van der Waals surface area contributed by atoms with Crippen LogP contribution in [0.1, 0.15) is 49.2 Å². The zero-order chi connectivity index (χ0) is 29.7. The fraction of sp³-hybridized carbons (Fsp3) is 0.462. The van der Waals surface area contributed by atoms with Crippen LogP contribution < -0.4 is 5.32 Å². The van der Waals surface area contributed by atoms with Gasteiger partial charge < -0.3 is 15.2 Å². The zero-order valence-electron chi connectivity index (χ0n) is 22.1. The van der Waals surface area contributed by atoms with Crippen molar-refractivity contribution < 1.29 is 36.6 Å². The van der Waals surface area contributed by atoms with Gasteiger partial charge in [-0.05, 0) is 38.7 Å². The van der Waals surface area contributed by atoms with Crippen LogP contribution in [0, 0.1) is 23.0 Å². The van der Waals surface area contributed by atoms with E-state index in [0.717, 1.165) is 6.07 Å². The fourth-order valence-electron chi connectivity index (χ4n) is 5.59. The lowest BCUT2D eigenvalue weighted by molar-refractivity contribution is -0.152. The summed E-state index contributed by atoms with van der Waals surface area (Å²) in [7, 11) is -2.53. The maximum atomic E-state index is 14.5. The quantitative estimate of drug-likeness (QED) is 0.348. The number of piperidine rings is 1. The number of hydrogen-bond donors (Lipinski definition) is 2. The average Bonchev–Trinajstić information content (AvgIpc) is 3.48. The second-order valence-electron chi connectivity index (χ2n) is 10.5. The minimum atomic E-state index is -3.72. The molecule has 2 aliphatic heterocycles. The van der Waals surface area contributed by atoms with Crippen LogP contribution in [-0.4, -0.2) is 66.0 Å². The van der Waals surface area contributed by atoms with Crippen LogP contribution in [0.25, 0.3) is 0 Å². The third-order valence-corrected chi connectivity index (χ3v) is 11.4. The Morgan fingerprint density at radius 3 is 2.51 bits per heavy atom. The number of nitrogens with one attached hydrogen (secondary N) is 1. The highest BCUT2D eigenvalue weighted by atomic mass is 35.5. The van der Waals surface area contributed by atoms with E-state index in [1.54, 1.807) is 18.5 Å². The molecule has 1 saturated heterocycles. The molecule has 0 radical (unpaired) electrons. The number of aliphatic carboxylic acids is 1. The summed E-state index contributed by atoms with van der Waals surface area (Å²) >= 11 is 7.49. The highest BCUT2D eigenvalue weighted by Crippen LogP contribution is 2.46. The molecule has 0 spiro atoms. The Hall–Kier alpha value is -2.94. The number of methoxy groups -OCH3 is 1. The zero-order valence-corrected chi connectivity index (χ0v) is 24.5. The van der Waals surface area contributed by atoms with E-state index in [2.05, 4.69) is 15.3 Å². The first-order valence-corrected chi connectivity index (χ1v) is 15.6. The Morgan fingerprint density at radius 2 is 1.93 bits per heavy atom. The van der Waals surface area contributed by atoms with Crippen molar-refractivity contribution in [3.8, 4) is 0 Å². The molecule has 220 valence electrons. The van der Waals surface area contributed by atoms with Gasteiger partial charge in [0.25, 0.3) is 0 Å². The number of benzene rings is 1. The number of hydrogen-bond acceptors (Lipinski definition) is 9. The molecule has 0 unspecified atom stereocenters. The Bertz CT molecular complexity index is 1550. The van der Waals surface area contributed by atoms with Crippen molar-refractivity contribution in [3.05, 3.63) is 62.2 Å². The van der Waals surface area contributed by atoms with Gasteiger partial charge in [-0.25, -0.2) is 31.3 Å². The number of carboxylic acids is 1. The summed E-state index contributed by atoms with van der Waals surface area (Å²) in [6.45, 7) is 1.83. The van der Waals surface area contributed by atoms with Gasteiger partial charge >= 0.3 is 11.9 Å². The van der Waals surface area contributed by atoms with E-state index in [9.17, 15) is 31.9 Å². The third-order valence-electron chi connectivity index (χ3n) is 7.99. The summed E-state index contributed by atoms with van der Waals surface area (Å²) < 4.78 is 61.4. The normalized spacial score (nSPS) is 25.7. The van der Waals surface area contributed by atoms with E-state index >= 15 is 0 Å². The largest absolute Gasteiger partial charge is 0.481 e. The molecule has 2 aromatic rings. The molecule has 0 amide bonds. The molecule has 1 saturated carbocycles. The van der Waals surface area contributed by atoms with E-state index in [1.807, 2.05) is 0 Å². The minimum Gasteiger partial charge on any atom is -0.481 e. The molecule has 2 N–H and O–H groups in total. The maximum Gasteiger partial charge on any atom is 0.338 e. The number of nitrogens with zero attached hydrogens (tertiary/aromatic N) is 3. The van der Waals surface area contributed by atoms with Crippen molar-refractivity contribution in [1.82, 2.24) is 14.6 Å². The molecular formula is C26H27ClF2N4O6S2. The summed E-state index contributed by atoms with van der Waals surface area (Å²) in [4.78, 5) is 33.5. The molecule has 1 aromatic heterocycles. The lowest BCUT2D eigenvalue weighted by atomic mass is 9.70. The fourth-order valence-corrected chi connectivity index (χ4v) is 8.73. The number of carboxylic acid groups (broad SMARTS) is 1. The van der Waals surface area contributed by atoms with Crippen molar-refractivity contribution in [2.75, 3.05) is 20.2 Å². The molecule has 41 heavy (non-hydrogen) atoms. The second kappa shape index (κ2) is 11.0. The summed E-state index contributed by atoms with van der Waals surface area (Å²) in [5.74, 6) is -4.24. The summed E-state index contributed by atoms with van der Waals surface area (Å²) in [6.07, 6.45) is 2.33. The minimum absolute atomic E-state index is 0.0497. The van der Waals surface area contributed by atoms with Crippen molar-refractivity contribution in [2.45, 2.75) is 43.9 Å². The predicted molar refractivity (Wildman–Crippen MR) is 147 cm³/mol. The Morgan fingerprint density at radius 1 is 1.24 bits per heavy atom. The number of allylic oxidation sites excluding steroid dienone is 1. The van der Waals surface area contributed by atoms with Gasteiger partial charge in [-0.1, -0.05) is 17.7 Å². The van der Waals surface area contributed by atoms with E-state index in [4.69, 9.17) is 16.3 Å². The first-order valence-electron chi connectivity index (χ1n) is 12.8. The number of amidine groups is 1. The first kappa shape index (κ1) is 29.5. The number of esters is 1. The molecule has 1 atom stereocenters. The number of ether oxygens (including phenoxy) is 1. The number of aliphatic imine (C=N–C) groups is 1. The van der Waals surface area contributed by atoms with Crippen LogP contribution >= 0.6 is 22.9 Å². The number of rotatable bonds is 7. The van der Waals surface area contributed by atoms with E-state index in [-0.39, 0.29) is 43.0 Å². The van der Waals surface area contributed by atoms with E-state index in [1.165, 1.54) is 28.8 Å². The second-order valence-corrected chi connectivity index (χ2v) is 14.0. The van der Waals surface area contributed by atoms with Crippen LogP contribution in [0.4, 0.5) is 8.78 Å². The van der Waals surface area contributed by atoms with Gasteiger partial charge in [0.1, 0.15) is 6.04 Å². The number of aromatic nitrogens is 1. The number of carbonyl (C=O) groups is 2. The Balaban J connectivity index is 1.47. The topological polar surface area (TPSA) is 138 Å². The van der Waals surface area contributed by atoms with Gasteiger partial charge in [0.05, 0.1) is 28.4 Å². The lowest BCUT2D eigenvalue weighted by Gasteiger charge is -2.44. The van der Waals surface area contributed by atoms with Gasteiger partial charge in [0.15, 0.2) is 22.5 Å². The lowest BCUT2D eigenvalue weighted by Crippen LogP contribution is -2.54. The van der Waals surface area contributed by atoms with E-state index in [0.29, 0.717) is 29.4 Å². The maximum absolute atomic E-state index is 14.5. The van der Waals surface area contributed by atoms with Crippen molar-refractivity contribution in [1.29, 1.82) is 0 Å². The molecule has 1 aromatic carbocycles. The van der Waals surface area contributed by atoms with Gasteiger partial charge in [0, 0.05) is 41.8 Å². The van der Waals surface area contributed by atoms with E-state index < -0.39 is 55.3 Å². The Kier molecular flexibility index (Phi) is 7.96. The standard InChI is InChI=1S/C26H27ClF2N4O6S2/c1-26(25(35)36)11-14(12-26)41(37,38)33-8-5-13(6-9-33)20-17(24(34)39-2)21(15-3-4-16(28)19(29)18(15)27)32-22(31-20)23-30-7-10-40-23/h3-4,7,10,13-14,21H,5-6,8-9,11-12H2,1-2H3,(H,31,32)(H,35,36)/t14?,21-,26?/m1/s1. The van der Waals surface area contributed by atoms with Crippen LogP contribution in [-0.2, 0) is 24.3 Å².